The number of piperidine rings is 1. The predicted molar refractivity (Wildman–Crippen MR) is 89.2 cm³/mol. The van der Waals surface area contributed by atoms with Crippen LogP contribution in [-0.2, 0) is 11.3 Å². The number of rotatable bonds is 4. The monoisotopic (exact) mass is 325 g/mol. The predicted octanol–water partition coefficient (Wildman–Crippen LogP) is 1.57. The second-order valence-corrected chi connectivity index (χ2v) is 5.47. The summed E-state index contributed by atoms with van der Waals surface area (Å²) in [4.78, 5) is 25.5. The van der Waals surface area contributed by atoms with E-state index in [9.17, 15) is 9.59 Å². The Balaban J connectivity index is 0.00000242. The molecule has 1 aliphatic rings. The van der Waals surface area contributed by atoms with Crippen molar-refractivity contribution in [3.63, 3.8) is 0 Å². The van der Waals surface area contributed by atoms with Crippen molar-refractivity contribution in [2.45, 2.75) is 31.8 Å². The Morgan fingerprint density at radius 1 is 1.27 bits per heavy atom. The first-order valence-corrected chi connectivity index (χ1v) is 7.41. The van der Waals surface area contributed by atoms with E-state index in [1.54, 1.807) is 24.1 Å². The lowest BCUT2D eigenvalue weighted by Gasteiger charge is -2.27. The molecule has 1 aromatic carbocycles. The Morgan fingerprint density at radius 2 is 1.95 bits per heavy atom. The zero-order chi connectivity index (χ0) is 15.2. The van der Waals surface area contributed by atoms with E-state index in [0.717, 1.165) is 31.4 Å². The van der Waals surface area contributed by atoms with Crippen LogP contribution in [0.2, 0.25) is 0 Å². The van der Waals surface area contributed by atoms with E-state index in [0.29, 0.717) is 12.1 Å². The van der Waals surface area contributed by atoms with E-state index < -0.39 is 0 Å². The van der Waals surface area contributed by atoms with Gasteiger partial charge >= 0.3 is 0 Å². The second-order valence-electron chi connectivity index (χ2n) is 5.47. The summed E-state index contributed by atoms with van der Waals surface area (Å²) in [5, 5.41) is 5.86. The third kappa shape index (κ3) is 4.71. The highest BCUT2D eigenvalue weighted by molar-refractivity contribution is 5.93. The molecule has 0 radical (unpaired) electrons. The van der Waals surface area contributed by atoms with Crippen LogP contribution in [0.15, 0.2) is 24.3 Å². The molecule has 6 heteroatoms. The summed E-state index contributed by atoms with van der Waals surface area (Å²) in [6.07, 6.45) is 3.17. The fourth-order valence-corrected chi connectivity index (χ4v) is 2.59. The van der Waals surface area contributed by atoms with Crippen LogP contribution in [0.3, 0.4) is 0 Å². The van der Waals surface area contributed by atoms with E-state index in [2.05, 4.69) is 10.6 Å². The van der Waals surface area contributed by atoms with E-state index in [1.807, 2.05) is 19.2 Å². The summed E-state index contributed by atoms with van der Waals surface area (Å²) in [7, 11) is 3.44. The first kappa shape index (κ1) is 18.5. The first-order chi connectivity index (χ1) is 10.1. The van der Waals surface area contributed by atoms with Crippen LogP contribution in [-0.4, -0.2) is 43.4 Å². The zero-order valence-electron chi connectivity index (χ0n) is 13.1. The van der Waals surface area contributed by atoms with Crippen LogP contribution in [0.5, 0.6) is 0 Å². The van der Waals surface area contributed by atoms with Gasteiger partial charge in [0.1, 0.15) is 0 Å². The lowest BCUT2D eigenvalue weighted by Crippen LogP contribution is -2.46. The van der Waals surface area contributed by atoms with E-state index >= 15 is 0 Å². The van der Waals surface area contributed by atoms with Gasteiger partial charge in [0.2, 0.25) is 5.91 Å². The van der Waals surface area contributed by atoms with E-state index in [1.165, 1.54) is 0 Å². The molecule has 2 N–H and O–H groups in total. The molecule has 2 amide bonds. The molecule has 1 saturated heterocycles. The average Bonchev–Trinajstić information content (AvgIpc) is 2.55. The number of nitrogens with zero attached hydrogens (tertiary/aromatic N) is 1. The molecular formula is C16H24ClN3O2. The maximum absolute atomic E-state index is 12.3. The summed E-state index contributed by atoms with van der Waals surface area (Å²) in [6, 6.07) is 7.30. The van der Waals surface area contributed by atoms with Gasteiger partial charge in [0.05, 0.1) is 6.04 Å². The van der Waals surface area contributed by atoms with Crippen molar-refractivity contribution in [1.29, 1.82) is 0 Å². The number of carbonyl (C=O) groups is 2. The van der Waals surface area contributed by atoms with E-state index in [-0.39, 0.29) is 30.3 Å². The van der Waals surface area contributed by atoms with Crippen molar-refractivity contribution in [3.8, 4) is 0 Å². The average molecular weight is 326 g/mol. The van der Waals surface area contributed by atoms with Gasteiger partial charge in [0.25, 0.3) is 5.91 Å². The Hall–Kier alpha value is -1.59. The fraction of sp³-hybridized carbons (Fsp3) is 0.500. The number of amides is 2. The number of carbonyl (C=O) groups excluding carboxylic acids is 2. The summed E-state index contributed by atoms with van der Waals surface area (Å²) in [5.74, 6) is 0.0439. The van der Waals surface area contributed by atoms with Crippen molar-refractivity contribution in [2.75, 3.05) is 20.6 Å². The van der Waals surface area contributed by atoms with Crippen LogP contribution in [0, 0.1) is 0 Å². The molecule has 0 saturated carbocycles. The van der Waals surface area contributed by atoms with Crippen LogP contribution in [0.4, 0.5) is 0 Å². The van der Waals surface area contributed by atoms with Gasteiger partial charge in [0, 0.05) is 26.2 Å². The molecule has 1 fully saturated rings. The lowest BCUT2D eigenvalue weighted by atomic mass is 10.0. The van der Waals surface area contributed by atoms with Gasteiger partial charge in [-0.15, -0.1) is 12.4 Å². The highest BCUT2D eigenvalue weighted by atomic mass is 35.5. The maximum Gasteiger partial charge on any atom is 0.251 e. The van der Waals surface area contributed by atoms with Gasteiger partial charge in [-0.3, -0.25) is 9.59 Å². The molecule has 0 aromatic heterocycles. The molecule has 1 aromatic rings. The minimum atomic E-state index is -0.0996. The topological polar surface area (TPSA) is 61.4 Å². The molecule has 2 rings (SSSR count). The standard InChI is InChI=1S/C16H23N3O2.ClH/c1-17-15(20)13-8-6-12(7-9-13)11-19(2)16(21)14-5-3-4-10-18-14;/h6-9,14,18H,3-5,10-11H2,1-2H3,(H,17,20);1H. The highest BCUT2D eigenvalue weighted by Gasteiger charge is 2.23. The Bertz CT molecular complexity index is 499. The Kier molecular flexibility index (Phi) is 7.35. The highest BCUT2D eigenvalue weighted by Crippen LogP contribution is 2.12. The minimum Gasteiger partial charge on any atom is -0.355 e. The maximum atomic E-state index is 12.3. The molecule has 1 unspecified atom stereocenters. The molecule has 1 heterocycles. The van der Waals surface area contributed by atoms with Crippen molar-refractivity contribution < 1.29 is 9.59 Å². The molecule has 0 bridgehead atoms. The molecule has 1 atom stereocenters. The number of halogens is 1. The fourth-order valence-electron chi connectivity index (χ4n) is 2.59. The number of hydrogen-bond donors (Lipinski definition) is 2. The van der Waals surface area contributed by atoms with Gasteiger partial charge in [-0.25, -0.2) is 0 Å². The zero-order valence-corrected chi connectivity index (χ0v) is 13.9. The molecule has 0 aliphatic carbocycles. The van der Waals surface area contributed by atoms with Crippen molar-refractivity contribution in [2.24, 2.45) is 0 Å². The van der Waals surface area contributed by atoms with Gasteiger partial charge in [-0.2, -0.15) is 0 Å². The molecule has 1 aliphatic heterocycles. The van der Waals surface area contributed by atoms with Crippen molar-refractivity contribution >= 4 is 24.2 Å². The Morgan fingerprint density at radius 3 is 2.50 bits per heavy atom. The summed E-state index contributed by atoms with van der Waals surface area (Å²) in [5.41, 5.74) is 1.65. The van der Waals surface area contributed by atoms with Crippen LogP contribution >= 0.6 is 12.4 Å². The Labute approximate surface area is 137 Å². The molecular weight excluding hydrogens is 302 g/mol. The lowest BCUT2D eigenvalue weighted by molar-refractivity contribution is -0.133. The largest absolute Gasteiger partial charge is 0.355 e. The van der Waals surface area contributed by atoms with Gasteiger partial charge in [-0.05, 0) is 37.1 Å². The smallest absolute Gasteiger partial charge is 0.251 e. The quantitative estimate of drug-likeness (QED) is 0.883. The second kappa shape index (κ2) is 8.76. The molecule has 5 nitrogen and oxygen atoms in total. The molecule has 122 valence electrons. The SMILES string of the molecule is CNC(=O)c1ccc(CN(C)C(=O)C2CCCCN2)cc1.Cl. The van der Waals surface area contributed by atoms with Crippen LogP contribution < -0.4 is 10.6 Å². The van der Waals surface area contributed by atoms with Crippen molar-refractivity contribution in [1.82, 2.24) is 15.5 Å². The van der Waals surface area contributed by atoms with Gasteiger partial charge < -0.3 is 15.5 Å². The normalized spacial score (nSPS) is 17.3. The van der Waals surface area contributed by atoms with Gasteiger partial charge in [-0.1, -0.05) is 18.6 Å². The molecule has 0 spiro atoms. The number of likely N-dealkylation sites (N-methyl/N-ethyl adjacent to an activating group) is 1. The van der Waals surface area contributed by atoms with Crippen LogP contribution in [0.25, 0.3) is 0 Å². The van der Waals surface area contributed by atoms with Crippen molar-refractivity contribution in [3.05, 3.63) is 35.4 Å². The molecule has 22 heavy (non-hydrogen) atoms. The third-order valence-corrected chi connectivity index (χ3v) is 3.85. The van der Waals surface area contributed by atoms with E-state index in [4.69, 9.17) is 0 Å². The summed E-state index contributed by atoms with van der Waals surface area (Å²) < 4.78 is 0. The minimum absolute atomic E-state index is 0. The number of benzene rings is 1. The summed E-state index contributed by atoms with van der Waals surface area (Å²) in [6.45, 7) is 1.48. The van der Waals surface area contributed by atoms with Gasteiger partial charge in [0.15, 0.2) is 0 Å². The summed E-state index contributed by atoms with van der Waals surface area (Å²) >= 11 is 0. The third-order valence-electron chi connectivity index (χ3n) is 3.85. The van der Waals surface area contributed by atoms with Crippen LogP contribution in [0.1, 0.15) is 35.2 Å². The number of hydrogen-bond acceptors (Lipinski definition) is 3. The number of nitrogens with one attached hydrogen (secondary N) is 2. The first-order valence-electron chi connectivity index (χ1n) is 7.41.